The SMILES string of the molecule is CCC(CC)(CCl)CNc1nnc(C)c2ccccc12. The van der Waals surface area contributed by atoms with Crippen LogP contribution in [-0.2, 0) is 0 Å². The van der Waals surface area contributed by atoms with Gasteiger partial charge in [0.2, 0.25) is 0 Å². The number of fused-ring (bicyclic) bond motifs is 1. The summed E-state index contributed by atoms with van der Waals surface area (Å²) in [5.74, 6) is 1.51. The third kappa shape index (κ3) is 2.88. The van der Waals surface area contributed by atoms with Gasteiger partial charge in [-0.3, -0.25) is 0 Å². The monoisotopic (exact) mass is 291 g/mol. The van der Waals surface area contributed by atoms with Crippen molar-refractivity contribution < 1.29 is 0 Å². The first-order valence-corrected chi connectivity index (χ1v) is 7.71. The highest BCUT2D eigenvalue weighted by Crippen LogP contribution is 2.29. The molecular weight excluding hydrogens is 270 g/mol. The van der Waals surface area contributed by atoms with E-state index in [4.69, 9.17) is 11.6 Å². The van der Waals surface area contributed by atoms with Crippen molar-refractivity contribution in [2.75, 3.05) is 17.7 Å². The fraction of sp³-hybridized carbons (Fsp3) is 0.500. The molecule has 0 amide bonds. The largest absolute Gasteiger partial charge is 0.367 e. The molecule has 2 aromatic rings. The molecule has 1 heterocycles. The van der Waals surface area contributed by atoms with E-state index in [0.717, 1.165) is 41.7 Å². The van der Waals surface area contributed by atoms with Gasteiger partial charge in [-0.1, -0.05) is 38.1 Å². The summed E-state index contributed by atoms with van der Waals surface area (Å²) in [6, 6.07) is 8.23. The van der Waals surface area contributed by atoms with E-state index in [1.807, 2.05) is 19.1 Å². The highest BCUT2D eigenvalue weighted by Gasteiger charge is 2.25. The molecule has 1 aromatic heterocycles. The average Bonchev–Trinajstić information content (AvgIpc) is 2.51. The Morgan fingerprint density at radius 1 is 1.10 bits per heavy atom. The van der Waals surface area contributed by atoms with Gasteiger partial charge in [-0.15, -0.1) is 16.7 Å². The molecule has 3 nitrogen and oxygen atoms in total. The van der Waals surface area contributed by atoms with Crippen molar-refractivity contribution >= 4 is 28.2 Å². The third-order valence-electron chi connectivity index (χ3n) is 4.29. The molecular formula is C16H22ClN3. The second kappa shape index (κ2) is 6.40. The number of anilines is 1. The molecule has 4 heteroatoms. The van der Waals surface area contributed by atoms with Crippen molar-refractivity contribution in [3.63, 3.8) is 0 Å². The van der Waals surface area contributed by atoms with Gasteiger partial charge in [-0.25, -0.2) is 0 Å². The van der Waals surface area contributed by atoms with Crippen LogP contribution >= 0.6 is 11.6 Å². The molecule has 2 rings (SSSR count). The van der Waals surface area contributed by atoms with Gasteiger partial charge >= 0.3 is 0 Å². The molecule has 20 heavy (non-hydrogen) atoms. The third-order valence-corrected chi connectivity index (χ3v) is 4.85. The van der Waals surface area contributed by atoms with Gasteiger partial charge in [0.05, 0.1) is 5.69 Å². The Morgan fingerprint density at radius 2 is 1.75 bits per heavy atom. The highest BCUT2D eigenvalue weighted by molar-refractivity contribution is 6.18. The van der Waals surface area contributed by atoms with Gasteiger partial charge in [-0.05, 0) is 19.8 Å². The standard InChI is InChI=1S/C16H22ClN3/c1-4-16(5-2,10-17)11-18-15-14-9-7-6-8-13(14)12(3)19-20-15/h6-9H,4-5,10-11H2,1-3H3,(H,18,20). The summed E-state index contributed by atoms with van der Waals surface area (Å²) in [6.45, 7) is 7.18. The molecule has 0 saturated heterocycles. The number of halogens is 1. The Hall–Kier alpha value is -1.35. The van der Waals surface area contributed by atoms with Crippen LogP contribution in [0.1, 0.15) is 32.4 Å². The molecule has 1 aromatic carbocycles. The lowest BCUT2D eigenvalue weighted by Gasteiger charge is -2.29. The Bertz CT molecular complexity index is 571. The zero-order valence-corrected chi connectivity index (χ0v) is 13.2. The van der Waals surface area contributed by atoms with E-state index in [0.29, 0.717) is 5.88 Å². The van der Waals surface area contributed by atoms with Crippen molar-refractivity contribution in [3.05, 3.63) is 30.0 Å². The molecule has 108 valence electrons. The molecule has 1 N–H and O–H groups in total. The van der Waals surface area contributed by atoms with E-state index in [2.05, 4.69) is 41.5 Å². The molecule has 0 fully saturated rings. The zero-order chi connectivity index (χ0) is 14.6. The topological polar surface area (TPSA) is 37.8 Å². The van der Waals surface area contributed by atoms with Crippen LogP contribution in [0.5, 0.6) is 0 Å². The van der Waals surface area contributed by atoms with E-state index < -0.39 is 0 Å². The summed E-state index contributed by atoms with van der Waals surface area (Å²) < 4.78 is 0. The van der Waals surface area contributed by atoms with Crippen LogP contribution in [0.25, 0.3) is 10.8 Å². The minimum atomic E-state index is 0.120. The van der Waals surface area contributed by atoms with Crippen molar-refractivity contribution in [3.8, 4) is 0 Å². The fourth-order valence-corrected chi connectivity index (χ4v) is 2.85. The minimum absolute atomic E-state index is 0.120. The van der Waals surface area contributed by atoms with Crippen molar-refractivity contribution in [2.24, 2.45) is 5.41 Å². The summed E-state index contributed by atoms with van der Waals surface area (Å²) >= 11 is 6.16. The first kappa shape index (κ1) is 15.0. The smallest absolute Gasteiger partial charge is 0.156 e. The zero-order valence-electron chi connectivity index (χ0n) is 12.4. The number of hydrogen-bond donors (Lipinski definition) is 1. The second-order valence-corrected chi connectivity index (χ2v) is 5.64. The molecule has 0 radical (unpaired) electrons. The van der Waals surface area contributed by atoms with E-state index >= 15 is 0 Å². The van der Waals surface area contributed by atoms with E-state index in [1.54, 1.807) is 0 Å². The number of benzene rings is 1. The number of aromatic nitrogens is 2. The molecule has 0 spiro atoms. The van der Waals surface area contributed by atoms with Crippen LogP contribution in [-0.4, -0.2) is 22.6 Å². The minimum Gasteiger partial charge on any atom is -0.367 e. The maximum absolute atomic E-state index is 6.16. The molecule has 0 aliphatic carbocycles. The summed E-state index contributed by atoms with van der Waals surface area (Å²) in [7, 11) is 0. The maximum atomic E-state index is 6.16. The summed E-state index contributed by atoms with van der Waals surface area (Å²) in [4.78, 5) is 0. The van der Waals surface area contributed by atoms with Crippen molar-refractivity contribution in [2.45, 2.75) is 33.6 Å². The van der Waals surface area contributed by atoms with Gasteiger partial charge in [0.25, 0.3) is 0 Å². The van der Waals surface area contributed by atoms with Crippen LogP contribution in [0.2, 0.25) is 0 Å². The lowest BCUT2D eigenvalue weighted by atomic mass is 9.84. The molecule has 0 atom stereocenters. The average molecular weight is 292 g/mol. The Balaban J connectivity index is 2.29. The summed E-state index contributed by atoms with van der Waals surface area (Å²) in [5.41, 5.74) is 1.08. The van der Waals surface area contributed by atoms with E-state index in [1.165, 1.54) is 0 Å². The fourth-order valence-electron chi connectivity index (χ4n) is 2.38. The Labute approximate surface area is 125 Å². The van der Waals surface area contributed by atoms with Crippen LogP contribution in [0.15, 0.2) is 24.3 Å². The number of rotatable bonds is 6. The highest BCUT2D eigenvalue weighted by atomic mass is 35.5. The van der Waals surface area contributed by atoms with Gasteiger partial charge < -0.3 is 5.32 Å². The van der Waals surface area contributed by atoms with Crippen LogP contribution in [0.3, 0.4) is 0 Å². The van der Waals surface area contributed by atoms with Crippen LogP contribution in [0.4, 0.5) is 5.82 Å². The lowest BCUT2D eigenvalue weighted by molar-refractivity contribution is 0.326. The van der Waals surface area contributed by atoms with Gasteiger partial charge in [0, 0.05) is 28.6 Å². The Kier molecular flexibility index (Phi) is 4.81. The Morgan fingerprint density at radius 3 is 2.35 bits per heavy atom. The van der Waals surface area contributed by atoms with E-state index in [9.17, 15) is 0 Å². The second-order valence-electron chi connectivity index (χ2n) is 5.37. The summed E-state index contributed by atoms with van der Waals surface area (Å²) in [5, 5.41) is 14.3. The van der Waals surface area contributed by atoms with Gasteiger partial charge in [0.15, 0.2) is 5.82 Å². The normalized spacial score (nSPS) is 11.8. The van der Waals surface area contributed by atoms with E-state index in [-0.39, 0.29) is 5.41 Å². The van der Waals surface area contributed by atoms with Gasteiger partial charge in [-0.2, -0.15) is 5.10 Å². The number of aryl methyl sites for hydroxylation is 1. The maximum Gasteiger partial charge on any atom is 0.156 e. The quantitative estimate of drug-likeness (QED) is 0.802. The molecule has 0 bridgehead atoms. The molecule has 0 aliphatic heterocycles. The lowest BCUT2D eigenvalue weighted by Crippen LogP contribution is -2.30. The molecule has 0 saturated carbocycles. The number of nitrogens with zero attached hydrogens (tertiary/aromatic N) is 2. The predicted octanol–water partition coefficient (Wildman–Crippen LogP) is 4.40. The van der Waals surface area contributed by atoms with Crippen molar-refractivity contribution in [1.82, 2.24) is 10.2 Å². The molecule has 0 unspecified atom stereocenters. The molecule has 0 aliphatic rings. The predicted molar refractivity (Wildman–Crippen MR) is 86.5 cm³/mol. The van der Waals surface area contributed by atoms with Gasteiger partial charge in [0.1, 0.15) is 0 Å². The number of hydrogen-bond acceptors (Lipinski definition) is 3. The first-order chi connectivity index (χ1) is 9.65. The first-order valence-electron chi connectivity index (χ1n) is 7.17. The van der Waals surface area contributed by atoms with Crippen molar-refractivity contribution in [1.29, 1.82) is 0 Å². The summed E-state index contributed by atoms with van der Waals surface area (Å²) in [6.07, 6.45) is 2.11. The number of alkyl halides is 1. The van der Waals surface area contributed by atoms with Crippen LogP contribution in [0, 0.1) is 12.3 Å². The van der Waals surface area contributed by atoms with Crippen LogP contribution < -0.4 is 5.32 Å². The number of nitrogens with one attached hydrogen (secondary N) is 1.